The monoisotopic (exact) mass is 350 g/mol. The molecule has 0 spiro atoms. The van der Waals surface area contributed by atoms with Crippen molar-refractivity contribution < 1.29 is 46.1 Å². The fraction of sp³-hybridized carbons (Fsp3) is 1.00. The lowest BCUT2D eigenvalue weighted by Crippen LogP contribution is -2.63. The van der Waals surface area contributed by atoms with Gasteiger partial charge >= 0.3 is 0 Å². The first kappa shape index (κ1) is 21.2. The molecule has 0 aromatic carbocycles. The molecule has 0 radical (unpaired) electrons. The second kappa shape index (κ2) is 8.16. The Kier molecular flexibility index (Phi) is 7.87. The summed E-state index contributed by atoms with van der Waals surface area (Å²) in [6.45, 7) is -1.02. The van der Waals surface area contributed by atoms with E-state index in [1.807, 2.05) is 0 Å². The first-order chi connectivity index (χ1) is 9.86. The van der Waals surface area contributed by atoms with E-state index in [1.54, 1.807) is 0 Å². The number of rotatable bonds is 9. The van der Waals surface area contributed by atoms with Crippen LogP contribution in [0.4, 0.5) is 35.9 Å². The highest BCUT2D eigenvalue weighted by Gasteiger charge is 2.52. The van der Waals surface area contributed by atoms with Gasteiger partial charge in [-0.15, -0.1) is 35.9 Å². The average molecular weight is 350 g/mol. The van der Waals surface area contributed by atoms with Crippen LogP contribution in [0.2, 0.25) is 0 Å². The van der Waals surface area contributed by atoms with Crippen LogP contribution in [0.15, 0.2) is 0 Å². The summed E-state index contributed by atoms with van der Waals surface area (Å²) in [6, 6.07) is -5.22. The lowest BCUT2D eigenvalue weighted by molar-refractivity contribution is -0.314. The summed E-state index contributed by atoms with van der Waals surface area (Å²) in [7, 11) is 0. The van der Waals surface area contributed by atoms with Crippen molar-refractivity contribution >= 4 is 0 Å². The van der Waals surface area contributed by atoms with Crippen LogP contribution in [-0.2, 0) is 0 Å². The molecule has 0 aliphatic heterocycles. The molecule has 0 aliphatic rings. The Bertz CT molecular complexity index is 339. The Labute approximate surface area is 119 Å². The molecule has 0 amide bonds. The third-order valence-electron chi connectivity index (χ3n) is 3.16. The standard InChI is InChI=1S/C8H14F8N4O2/c1-4(18(11)12)5(19(13)14)6(21)7(22)8(2,20(15)16)3-17(9)10/h4-7,21-22H,3H2,1-2H3. The zero-order valence-corrected chi connectivity index (χ0v) is 11.2. The summed E-state index contributed by atoms with van der Waals surface area (Å²) >= 11 is 0. The Morgan fingerprint density at radius 2 is 1.36 bits per heavy atom. The van der Waals surface area contributed by atoms with E-state index in [1.165, 1.54) is 0 Å². The molecule has 5 unspecified atom stereocenters. The molecule has 22 heavy (non-hydrogen) atoms. The van der Waals surface area contributed by atoms with Gasteiger partial charge in [0.2, 0.25) is 0 Å². The molecule has 0 fully saturated rings. The Morgan fingerprint density at radius 1 is 0.909 bits per heavy atom. The van der Waals surface area contributed by atoms with Gasteiger partial charge in [0.05, 0.1) is 12.6 Å². The molecule has 0 aromatic rings. The number of halogens is 8. The van der Waals surface area contributed by atoms with Crippen LogP contribution in [0.25, 0.3) is 0 Å². The van der Waals surface area contributed by atoms with Gasteiger partial charge in [0.15, 0.2) is 0 Å². The molecular weight excluding hydrogens is 336 g/mol. The Hall–Kier alpha value is -0.800. The van der Waals surface area contributed by atoms with Crippen LogP contribution in [-0.4, -0.2) is 68.0 Å². The topological polar surface area (TPSA) is 53.4 Å². The van der Waals surface area contributed by atoms with E-state index in [-0.39, 0.29) is 0 Å². The van der Waals surface area contributed by atoms with Gasteiger partial charge in [-0.25, -0.2) is 0 Å². The van der Waals surface area contributed by atoms with Crippen molar-refractivity contribution in [2.45, 2.75) is 43.7 Å². The molecule has 2 N–H and O–H groups in total. The molecular formula is C8H14F8N4O2. The predicted molar refractivity (Wildman–Crippen MR) is 54.8 cm³/mol. The van der Waals surface area contributed by atoms with E-state index in [0.717, 1.165) is 0 Å². The zero-order chi connectivity index (χ0) is 17.8. The molecule has 0 rings (SSSR count). The van der Waals surface area contributed by atoms with E-state index in [0.29, 0.717) is 13.8 Å². The summed E-state index contributed by atoms with van der Waals surface area (Å²) in [5, 5.41) is 11.7. The minimum atomic E-state index is -3.20. The number of nitrogens with zero attached hydrogens (tertiary/aromatic N) is 4. The average Bonchev–Trinajstić information content (AvgIpc) is 2.35. The fourth-order valence-corrected chi connectivity index (χ4v) is 1.72. The van der Waals surface area contributed by atoms with Crippen LogP contribution in [0.3, 0.4) is 0 Å². The van der Waals surface area contributed by atoms with E-state index in [4.69, 9.17) is 0 Å². The minimum Gasteiger partial charge on any atom is -0.388 e. The van der Waals surface area contributed by atoms with Crippen LogP contribution in [0.5, 0.6) is 0 Å². The largest absolute Gasteiger partial charge is 0.388 e. The van der Waals surface area contributed by atoms with Crippen molar-refractivity contribution in [1.82, 2.24) is 21.4 Å². The number of aliphatic hydroxyl groups excluding tert-OH is 2. The predicted octanol–water partition coefficient (Wildman–Crippen LogP) is 1.51. The van der Waals surface area contributed by atoms with Crippen LogP contribution in [0.1, 0.15) is 13.8 Å². The van der Waals surface area contributed by atoms with E-state index in [2.05, 4.69) is 0 Å². The normalized spacial score (nSPS) is 21.3. The van der Waals surface area contributed by atoms with Crippen molar-refractivity contribution in [2.24, 2.45) is 0 Å². The third-order valence-corrected chi connectivity index (χ3v) is 3.16. The first-order valence-electron chi connectivity index (χ1n) is 5.64. The number of aliphatic hydroxyl groups is 2. The van der Waals surface area contributed by atoms with Crippen molar-refractivity contribution in [3.8, 4) is 0 Å². The Balaban J connectivity index is 5.46. The molecule has 0 bridgehead atoms. The summed E-state index contributed by atoms with van der Waals surface area (Å²) in [5.41, 5.74) is -3.20. The molecule has 6 nitrogen and oxygen atoms in total. The quantitative estimate of drug-likeness (QED) is 0.486. The minimum absolute atomic E-state index is 0.332. The highest BCUT2D eigenvalue weighted by atomic mass is 19.4. The fourth-order valence-electron chi connectivity index (χ4n) is 1.72. The maximum Gasteiger partial charge on any atom is 0.127 e. The maximum absolute atomic E-state index is 12.7. The van der Waals surface area contributed by atoms with Gasteiger partial charge < -0.3 is 10.2 Å². The van der Waals surface area contributed by atoms with E-state index in [9.17, 15) is 46.1 Å². The number of hydrogen-bond acceptors (Lipinski definition) is 6. The molecule has 0 aliphatic carbocycles. The van der Waals surface area contributed by atoms with Crippen molar-refractivity contribution in [1.29, 1.82) is 0 Å². The van der Waals surface area contributed by atoms with Gasteiger partial charge in [0, 0.05) is 21.4 Å². The molecule has 0 heterocycles. The van der Waals surface area contributed by atoms with Gasteiger partial charge in [-0.05, 0) is 13.8 Å². The van der Waals surface area contributed by atoms with Crippen molar-refractivity contribution in [3.63, 3.8) is 0 Å². The molecule has 5 atom stereocenters. The third kappa shape index (κ3) is 4.85. The zero-order valence-electron chi connectivity index (χ0n) is 11.2. The molecule has 14 heteroatoms. The lowest BCUT2D eigenvalue weighted by Gasteiger charge is -2.39. The van der Waals surface area contributed by atoms with E-state index < -0.39 is 57.8 Å². The molecule has 0 saturated heterocycles. The smallest absolute Gasteiger partial charge is 0.127 e. The number of hydrogen-bond donors (Lipinski definition) is 2. The Morgan fingerprint density at radius 3 is 1.64 bits per heavy atom. The van der Waals surface area contributed by atoms with Gasteiger partial charge in [-0.1, -0.05) is 0 Å². The summed E-state index contributed by atoms with van der Waals surface area (Å²) < 4.78 is 99.6. The summed E-state index contributed by atoms with van der Waals surface area (Å²) in [4.78, 5) is 0. The van der Waals surface area contributed by atoms with Gasteiger partial charge in [-0.3, -0.25) is 0 Å². The summed E-state index contributed by atoms with van der Waals surface area (Å²) in [6.07, 6.45) is -5.80. The highest BCUT2D eigenvalue weighted by Crippen LogP contribution is 2.29. The van der Waals surface area contributed by atoms with Crippen LogP contribution < -0.4 is 0 Å². The second-order valence-corrected chi connectivity index (χ2v) is 4.74. The first-order valence-corrected chi connectivity index (χ1v) is 5.64. The lowest BCUT2D eigenvalue weighted by atomic mass is 9.86. The maximum atomic E-state index is 12.7. The van der Waals surface area contributed by atoms with Crippen molar-refractivity contribution in [3.05, 3.63) is 0 Å². The SMILES string of the molecule is CC(C(C(O)C(O)C(C)(CN(F)F)N(F)F)N(F)F)N(F)F. The molecule has 134 valence electrons. The molecule has 0 aromatic heterocycles. The van der Waals surface area contributed by atoms with Gasteiger partial charge in [-0.2, -0.15) is 0 Å². The van der Waals surface area contributed by atoms with E-state index >= 15 is 0 Å². The highest BCUT2D eigenvalue weighted by molar-refractivity contribution is 4.98. The second-order valence-electron chi connectivity index (χ2n) is 4.74. The van der Waals surface area contributed by atoms with Crippen LogP contribution >= 0.6 is 0 Å². The van der Waals surface area contributed by atoms with Gasteiger partial charge in [0.25, 0.3) is 0 Å². The molecule has 0 saturated carbocycles. The van der Waals surface area contributed by atoms with Crippen LogP contribution in [0, 0.1) is 0 Å². The summed E-state index contributed by atoms with van der Waals surface area (Å²) in [5.74, 6) is 0. The van der Waals surface area contributed by atoms with Crippen molar-refractivity contribution in [2.75, 3.05) is 6.54 Å². The van der Waals surface area contributed by atoms with Gasteiger partial charge in [0.1, 0.15) is 23.8 Å².